The first-order chi connectivity index (χ1) is 11.8. The van der Waals surface area contributed by atoms with E-state index in [1.54, 1.807) is 12.1 Å². The summed E-state index contributed by atoms with van der Waals surface area (Å²) in [4.78, 5) is 7.20. The Kier molecular flexibility index (Phi) is 4.65. The second-order valence-corrected chi connectivity index (χ2v) is 7.28. The van der Waals surface area contributed by atoms with Gasteiger partial charge in [0.1, 0.15) is 5.82 Å². The topological polar surface area (TPSA) is 21.1 Å². The van der Waals surface area contributed by atoms with Crippen molar-refractivity contribution in [2.24, 2.45) is 0 Å². The molecule has 24 heavy (non-hydrogen) atoms. The molecule has 3 nitrogen and oxygen atoms in total. The van der Waals surface area contributed by atoms with E-state index >= 15 is 0 Å². The molecule has 0 amide bonds. The molecule has 0 spiro atoms. The number of aromatic nitrogens is 2. The summed E-state index contributed by atoms with van der Waals surface area (Å²) < 4.78 is 15.6. The molecule has 128 valence electrons. The van der Waals surface area contributed by atoms with E-state index in [9.17, 15) is 4.39 Å². The number of likely N-dealkylation sites (tertiary alicyclic amines) is 1. The summed E-state index contributed by atoms with van der Waals surface area (Å²) in [5, 5.41) is 0. The van der Waals surface area contributed by atoms with Gasteiger partial charge < -0.3 is 9.47 Å². The smallest absolute Gasteiger partial charge is 0.123 e. The molecule has 1 aliphatic heterocycles. The van der Waals surface area contributed by atoms with Crippen LogP contribution >= 0.6 is 0 Å². The molecular formula is C20H26FN3. The van der Waals surface area contributed by atoms with Gasteiger partial charge >= 0.3 is 0 Å². The van der Waals surface area contributed by atoms with Gasteiger partial charge in [-0.2, -0.15) is 0 Å². The van der Waals surface area contributed by atoms with Crippen LogP contribution in [0.1, 0.15) is 51.0 Å². The lowest BCUT2D eigenvalue weighted by molar-refractivity contribution is 0.109. The van der Waals surface area contributed by atoms with Crippen molar-refractivity contribution in [3.8, 4) is 11.3 Å². The SMILES string of the molecule is Fc1cccc(-c2cn(C3CCN(C4CCCCC4)CC3)cn2)c1. The fourth-order valence-electron chi connectivity index (χ4n) is 4.33. The zero-order valence-electron chi connectivity index (χ0n) is 14.2. The summed E-state index contributed by atoms with van der Waals surface area (Å²) in [5.74, 6) is -0.206. The molecule has 2 fully saturated rings. The first-order valence-corrected chi connectivity index (χ1v) is 9.33. The van der Waals surface area contributed by atoms with Gasteiger partial charge in [-0.05, 0) is 37.8 Å². The molecule has 0 bridgehead atoms. The molecule has 0 radical (unpaired) electrons. The third-order valence-corrected chi connectivity index (χ3v) is 5.73. The summed E-state index contributed by atoms with van der Waals surface area (Å²) in [6, 6.07) is 8.04. The predicted molar refractivity (Wildman–Crippen MR) is 94.3 cm³/mol. The lowest BCUT2D eigenvalue weighted by Crippen LogP contribution is -2.42. The van der Waals surface area contributed by atoms with E-state index < -0.39 is 0 Å². The molecule has 1 aliphatic carbocycles. The normalized spacial score (nSPS) is 21.2. The van der Waals surface area contributed by atoms with Crippen LogP contribution in [-0.4, -0.2) is 33.6 Å². The van der Waals surface area contributed by atoms with E-state index in [4.69, 9.17) is 0 Å². The summed E-state index contributed by atoms with van der Waals surface area (Å²) in [6.45, 7) is 2.39. The third-order valence-electron chi connectivity index (χ3n) is 5.73. The predicted octanol–water partition coefficient (Wildman–Crippen LogP) is 4.66. The molecule has 0 unspecified atom stereocenters. The molecule has 2 aliphatic rings. The fraction of sp³-hybridized carbons (Fsp3) is 0.550. The van der Waals surface area contributed by atoms with Crippen LogP contribution in [0.5, 0.6) is 0 Å². The summed E-state index contributed by atoms with van der Waals surface area (Å²) in [5.41, 5.74) is 1.72. The van der Waals surface area contributed by atoms with Crippen LogP contribution in [-0.2, 0) is 0 Å². The van der Waals surface area contributed by atoms with E-state index in [-0.39, 0.29) is 5.82 Å². The van der Waals surface area contributed by atoms with Crippen LogP contribution in [0.2, 0.25) is 0 Å². The number of piperidine rings is 1. The number of rotatable bonds is 3. The lowest BCUT2D eigenvalue weighted by atomic mass is 9.92. The van der Waals surface area contributed by atoms with Crippen molar-refractivity contribution in [1.29, 1.82) is 0 Å². The maximum absolute atomic E-state index is 13.4. The van der Waals surface area contributed by atoms with E-state index in [1.807, 2.05) is 12.4 Å². The maximum Gasteiger partial charge on any atom is 0.123 e. The molecule has 4 rings (SSSR count). The van der Waals surface area contributed by atoms with Crippen molar-refractivity contribution < 1.29 is 4.39 Å². The largest absolute Gasteiger partial charge is 0.334 e. The van der Waals surface area contributed by atoms with Gasteiger partial charge in [0.15, 0.2) is 0 Å². The van der Waals surface area contributed by atoms with E-state index in [0.29, 0.717) is 6.04 Å². The zero-order valence-corrected chi connectivity index (χ0v) is 14.2. The fourth-order valence-corrected chi connectivity index (χ4v) is 4.33. The molecular weight excluding hydrogens is 301 g/mol. The van der Waals surface area contributed by atoms with E-state index in [2.05, 4.69) is 20.6 Å². The number of nitrogens with zero attached hydrogens (tertiary/aromatic N) is 3. The molecule has 1 saturated heterocycles. The van der Waals surface area contributed by atoms with Crippen LogP contribution in [0.4, 0.5) is 4.39 Å². The molecule has 1 saturated carbocycles. The minimum absolute atomic E-state index is 0.206. The maximum atomic E-state index is 13.4. The molecule has 0 N–H and O–H groups in total. The number of benzene rings is 1. The summed E-state index contributed by atoms with van der Waals surface area (Å²) >= 11 is 0. The highest BCUT2D eigenvalue weighted by Crippen LogP contribution is 2.30. The van der Waals surface area contributed by atoms with Crippen LogP contribution in [0.25, 0.3) is 11.3 Å². The highest BCUT2D eigenvalue weighted by Gasteiger charge is 2.26. The Morgan fingerprint density at radius 1 is 0.958 bits per heavy atom. The Morgan fingerprint density at radius 3 is 2.50 bits per heavy atom. The Bertz CT molecular complexity index is 667. The average molecular weight is 327 g/mol. The van der Waals surface area contributed by atoms with Gasteiger partial charge in [0.25, 0.3) is 0 Å². The highest BCUT2D eigenvalue weighted by molar-refractivity contribution is 5.58. The van der Waals surface area contributed by atoms with E-state index in [1.165, 1.54) is 64.1 Å². The van der Waals surface area contributed by atoms with Gasteiger partial charge in [-0.1, -0.05) is 31.4 Å². The van der Waals surface area contributed by atoms with Gasteiger partial charge in [0, 0.05) is 36.9 Å². The minimum atomic E-state index is -0.206. The Balaban J connectivity index is 1.39. The second kappa shape index (κ2) is 7.06. The molecule has 1 aromatic heterocycles. The van der Waals surface area contributed by atoms with Crippen LogP contribution < -0.4 is 0 Å². The molecule has 1 aromatic carbocycles. The van der Waals surface area contributed by atoms with Crippen molar-refractivity contribution in [2.75, 3.05) is 13.1 Å². The zero-order chi connectivity index (χ0) is 16.4. The summed E-state index contributed by atoms with van der Waals surface area (Å²) in [6.07, 6.45) is 13.4. The monoisotopic (exact) mass is 327 g/mol. The van der Waals surface area contributed by atoms with Crippen molar-refractivity contribution >= 4 is 0 Å². The van der Waals surface area contributed by atoms with Crippen molar-refractivity contribution in [1.82, 2.24) is 14.5 Å². The standard InChI is InChI=1S/C20H26FN3/c21-17-6-4-5-16(13-17)20-14-24(15-22-20)19-9-11-23(12-10-19)18-7-2-1-3-8-18/h4-6,13-15,18-19H,1-3,7-12H2. The van der Waals surface area contributed by atoms with E-state index in [0.717, 1.165) is 17.3 Å². The molecule has 2 aromatic rings. The quantitative estimate of drug-likeness (QED) is 0.817. The van der Waals surface area contributed by atoms with Crippen molar-refractivity contribution in [3.05, 3.63) is 42.6 Å². The summed E-state index contributed by atoms with van der Waals surface area (Å²) in [7, 11) is 0. The molecule has 2 heterocycles. The van der Waals surface area contributed by atoms with Crippen molar-refractivity contribution in [2.45, 2.75) is 57.0 Å². The second-order valence-electron chi connectivity index (χ2n) is 7.28. The third kappa shape index (κ3) is 3.39. The van der Waals surface area contributed by atoms with Crippen LogP contribution in [0.3, 0.4) is 0 Å². The minimum Gasteiger partial charge on any atom is -0.334 e. The Hall–Kier alpha value is -1.68. The van der Waals surface area contributed by atoms with Gasteiger partial charge in [0.2, 0.25) is 0 Å². The number of hydrogen-bond acceptors (Lipinski definition) is 2. The number of imidazole rings is 1. The molecule has 0 atom stereocenters. The number of hydrogen-bond donors (Lipinski definition) is 0. The molecule has 4 heteroatoms. The first-order valence-electron chi connectivity index (χ1n) is 9.33. The lowest BCUT2D eigenvalue weighted by Gasteiger charge is -2.39. The number of halogens is 1. The van der Waals surface area contributed by atoms with Crippen LogP contribution in [0.15, 0.2) is 36.8 Å². The Labute approximate surface area is 143 Å². The Morgan fingerprint density at radius 2 is 1.75 bits per heavy atom. The average Bonchev–Trinajstić information content (AvgIpc) is 3.13. The first kappa shape index (κ1) is 15.8. The van der Waals surface area contributed by atoms with Gasteiger partial charge in [-0.3, -0.25) is 0 Å². The van der Waals surface area contributed by atoms with Gasteiger partial charge in [0.05, 0.1) is 12.0 Å². The van der Waals surface area contributed by atoms with Gasteiger partial charge in [-0.15, -0.1) is 0 Å². The van der Waals surface area contributed by atoms with Gasteiger partial charge in [-0.25, -0.2) is 9.37 Å². The van der Waals surface area contributed by atoms with Crippen LogP contribution in [0, 0.1) is 5.82 Å². The van der Waals surface area contributed by atoms with Crippen molar-refractivity contribution in [3.63, 3.8) is 0 Å². The highest BCUT2D eigenvalue weighted by atomic mass is 19.1.